The largest absolute Gasteiger partial charge is 0.497 e. The molecule has 1 aliphatic rings. The van der Waals surface area contributed by atoms with Crippen LogP contribution in [0.25, 0.3) is 11.1 Å². The third-order valence-electron chi connectivity index (χ3n) is 5.11. The quantitative estimate of drug-likeness (QED) is 0.341. The molecule has 1 saturated heterocycles. The predicted octanol–water partition coefficient (Wildman–Crippen LogP) is 5.19. The van der Waals surface area contributed by atoms with E-state index in [0.717, 1.165) is 5.56 Å². The smallest absolute Gasteiger partial charge is 0.337 e. The van der Waals surface area contributed by atoms with Crippen molar-refractivity contribution in [3.05, 3.63) is 53.3 Å². The molecule has 6 heteroatoms. The molecule has 0 aromatic heterocycles. The van der Waals surface area contributed by atoms with Crippen LogP contribution in [0.4, 0.5) is 4.39 Å². The lowest BCUT2D eigenvalue weighted by Crippen LogP contribution is -2.25. The van der Waals surface area contributed by atoms with E-state index in [1.807, 2.05) is 0 Å². The summed E-state index contributed by atoms with van der Waals surface area (Å²) in [5.41, 5.74) is 2.10. The Labute approximate surface area is 172 Å². The summed E-state index contributed by atoms with van der Waals surface area (Å²) in [7, 11) is 2.89. The zero-order chi connectivity index (χ0) is 19.8. The SMILES string of the molecule is COC(=O)c1ccc(-c2cc(OC)ccc2F)c(C2OCC(I)C2(C)C)c1. The van der Waals surface area contributed by atoms with Crippen LogP contribution in [0.15, 0.2) is 36.4 Å². The molecule has 1 aliphatic heterocycles. The maximum absolute atomic E-state index is 14.7. The highest BCUT2D eigenvalue weighted by molar-refractivity contribution is 14.1. The van der Waals surface area contributed by atoms with Gasteiger partial charge in [0.25, 0.3) is 0 Å². The second-order valence-corrected chi connectivity index (χ2v) is 8.65. The van der Waals surface area contributed by atoms with Crippen molar-refractivity contribution in [2.45, 2.75) is 23.9 Å². The Morgan fingerprint density at radius 1 is 1.19 bits per heavy atom. The number of halogens is 2. The molecule has 0 bridgehead atoms. The molecule has 1 heterocycles. The fourth-order valence-electron chi connectivity index (χ4n) is 3.37. The normalized spacial score (nSPS) is 21.1. The van der Waals surface area contributed by atoms with Crippen molar-refractivity contribution in [2.75, 3.05) is 20.8 Å². The molecule has 2 aromatic rings. The summed E-state index contributed by atoms with van der Waals surface area (Å²) in [4.78, 5) is 12.1. The number of alkyl halides is 1. The Bertz CT molecular complexity index is 865. The zero-order valence-electron chi connectivity index (χ0n) is 15.7. The van der Waals surface area contributed by atoms with Crippen molar-refractivity contribution in [1.82, 2.24) is 0 Å². The molecule has 0 N–H and O–H groups in total. The number of carbonyl (C=O) groups is 1. The molecule has 2 unspecified atom stereocenters. The molecule has 1 fully saturated rings. The summed E-state index contributed by atoms with van der Waals surface area (Å²) in [5.74, 6) is -0.229. The Kier molecular flexibility index (Phi) is 5.76. The molecule has 0 radical (unpaired) electrons. The van der Waals surface area contributed by atoms with Gasteiger partial charge in [-0.1, -0.05) is 42.5 Å². The Hall–Kier alpha value is -1.67. The van der Waals surface area contributed by atoms with Crippen LogP contribution in [0.1, 0.15) is 35.9 Å². The number of benzene rings is 2. The van der Waals surface area contributed by atoms with Crippen LogP contribution in [0.5, 0.6) is 5.75 Å². The lowest BCUT2D eigenvalue weighted by molar-refractivity contribution is 0.0591. The molecular formula is C21H22FIO4. The fraction of sp³-hybridized carbons (Fsp3) is 0.381. The molecule has 0 spiro atoms. The van der Waals surface area contributed by atoms with E-state index in [1.165, 1.54) is 13.2 Å². The zero-order valence-corrected chi connectivity index (χ0v) is 17.9. The number of esters is 1. The van der Waals surface area contributed by atoms with E-state index in [-0.39, 0.29) is 17.3 Å². The number of hydrogen-bond donors (Lipinski definition) is 0. The van der Waals surface area contributed by atoms with Crippen LogP contribution in [0.3, 0.4) is 0 Å². The van der Waals surface area contributed by atoms with Crippen molar-refractivity contribution in [2.24, 2.45) is 5.41 Å². The van der Waals surface area contributed by atoms with Gasteiger partial charge in [-0.2, -0.15) is 0 Å². The highest BCUT2D eigenvalue weighted by atomic mass is 127. The number of ether oxygens (including phenoxy) is 3. The third-order valence-corrected chi connectivity index (χ3v) is 7.08. The van der Waals surface area contributed by atoms with Crippen LogP contribution in [0.2, 0.25) is 0 Å². The summed E-state index contributed by atoms with van der Waals surface area (Å²) < 4.78 is 31.2. The standard InChI is InChI=1S/C21H22FIO4/c1-21(2)18(23)11-27-19(21)16-9-12(20(24)26-4)5-7-14(16)15-10-13(25-3)6-8-17(15)22/h5-10,18-19H,11H2,1-4H3. The number of rotatable bonds is 4. The topological polar surface area (TPSA) is 44.8 Å². The van der Waals surface area contributed by atoms with Gasteiger partial charge in [0.05, 0.1) is 32.5 Å². The van der Waals surface area contributed by atoms with E-state index in [2.05, 4.69) is 36.4 Å². The summed E-state index contributed by atoms with van der Waals surface area (Å²) in [5, 5.41) is 0. The van der Waals surface area contributed by atoms with Crippen molar-refractivity contribution < 1.29 is 23.4 Å². The average Bonchev–Trinajstić information content (AvgIpc) is 2.94. The second kappa shape index (κ2) is 7.75. The van der Waals surface area contributed by atoms with E-state index in [4.69, 9.17) is 14.2 Å². The monoisotopic (exact) mass is 484 g/mol. The molecular weight excluding hydrogens is 462 g/mol. The van der Waals surface area contributed by atoms with Gasteiger partial charge in [-0.25, -0.2) is 9.18 Å². The maximum atomic E-state index is 14.7. The highest BCUT2D eigenvalue weighted by Crippen LogP contribution is 2.50. The Balaban J connectivity index is 2.21. The fourth-order valence-corrected chi connectivity index (χ4v) is 3.91. The minimum absolute atomic E-state index is 0.181. The van der Waals surface area contributed by atoms with Gasteiger partial charge in [-0.15, -0.1) is 0 Å². The molecule has 4 nitrogen and oxygen atoms in total. The van der Waals surface area contributed by atoms with Crippen LogP contribution in [-0.4, -0.2) is 30.7 Å². The third kappa shape index (κ3) is 3.69. The molecule has 27 heavy (non-hydrogen) atoms. The summed E-state index contributed by atoms with van der Waals surface area (Å²) in [6, 6.07) is 9.77. The molecule has 3 rings (SSSR count). The van der Waals surface area contributed by atoms with Crippen LogP contribution in [0, 0.1) is 11.2 Å². The van der Waals surface area contributed by atoms with Gasteiger partial charge >= 0.3 is 5.97 Å². The van der Waals surface area contributed by atoms with Crippen molar-refractivity contribution in [3.8, 4) is 16.9 Å². The Morgan fingerprint density at radius 3 is 2.52 bits per heavy atom. The van der Waals surface area contributed by atoms with Crippen molar-refractivity contribution >= 4 is 28.6 Å². The van der Waals surface area contributed by atoms with Gasteiger partial charge in [-0.3, -0.25) is 0 Å². The maximum Gasteiger partial charge on any atom is 0.337 e. The van der Waals surface area contributed by atoms with Gasteiger partial charge in [0.15, 0.2) is 0 Å². The van der Waals surface area contributed by atoms with Crippen LogP contribution in [-0.2, 0) is 9.47 Å². The number of carbonyl (C=O) groups excluding carboxylic acids is 1. The van der Waals surface area contributed by atoms with Gasteiger partial charge < -0.3 is 14.2 Å². The van der Waals surface area contributed by atoms with Crippen LogP contribution >= 0.6 is 22.6 Å². The number of hydrogen-bond acceptors (Lipinski definition) is 4. The van der Waals surface area contributed by atoms with E-state index in [0.29, 0.717) is 33.0 Å². The molecule has 0 amide bonds. The van der Waals surface area contributed by atoms with Crippen LogP contribution < -0.4 is 4.74 Å². The predicted molar refractivity (Wildman–Crippen MR) is 110 cm³/mol. The minimum Gasteiger partial charge on any atom is -0.497 e. The first-order valence-corrected chi connectivity index (χ1v) is 9.86. The van der Waals surface area contributed by atoms with Crippen molar-refractivity contribution in [1.29, 1.82) is 0 Å². The molecule has 0 saturated carbocycles. The van der Waals surface area contributed by atoms with E-state index in [9.17, 15) is 9.18 Å². The molecule has 0 aliphatic carbocycles. The molecule has 2 aromatic carbocycles. The highest BCUT2D eigenvalue weighted by Gasteiger charge is 2.45. The lowest BCUT2D eigenvalue weighted by Gasteiger charge is -2.30. The van der Waals surface area contributed by atoms with E-state index >= 15 is 0 Å². The summed E-state index contributed by atoms with van der Waals surface area (Å²) in [6.07, 6.45) is -0.274. The lowest BCUT2D eigenvalue weighted by atomic mass is 9.79. The first-order chi connectivity index (χ1) is 12.8. The van der Waals surface area contributed by atoms with Gasteiger partial charge in [0, 0.05) is 14.9 Å². The van der Waals surface area contributed by atoms with Crippen molar-refractivity contribution in [3.63, 3.8) is 0 Å². The average molecular weight is 484 g/mol. The molecule has 144 valence electrons. The second-order valence-electron chi connectivity index (χ2n) is 7.14. The number of methoxy groups -OCH3 is 2. The first kappa shape index (κ1) is 20.1. The van der Waals surface area contributed by atoms with E-state index < -0.39 is 5.97 Å². The van der Waals surface area contributed by atoms with E-state index in [1.54, 1.807) is 37.4 Å². The van der Waals surface area contributed by atoms with Gasteiger partial charge in [0.2, 0.25) is 0 Å². The minimum atomic E-state index is -0.434. The first-order valence-electron chi connectivity index (χ1n) is 8.61. The summed E-state index contributed by atoms with van der Waals surface area (Å²) >= 11 is 2.38. The van der Waals surface area contributed by atoms with Gasteiger partial charge in [0.1, 0.15) is 11.6 Å². The molecule has 2 atom stereocenters. The Morgan fingerprint density at radius 2 is 1.93 bits per heavy atom. The summed E-state index contributed by atoms with van der Waals surface area (Å²) in [6.45, 7) is 4.84. The van der Waals surface area contributed by atoms with Gasteiger partial charge in [-0.05, 0) is 41.5 Å².